The molecular formula is C18H20N2O4S. The van der Waals surface area contributed by atoms with Gasteiger partial charge in [0, 0.05) is 18.7 Å². The Morgan fingerprint density at radius 1 is 1.36 bits per heavy atom. The van der Waals surface area contributed by atoms with Crippen LogP contribution in [0.25, 0.3) is 10.6 Å². The number of amides is 1. The number of thiazole rings is 1. The monoisotopic (exact) mass is 360 g/mol. The van der Waals surface area contributed by atoms with Crippen molar-refractivity contribution in [2.75, 3.05) is 19.8 Å². The van der Waals surface area contributed by atoms with E-state index in [0.29, 0.717) is 17.1 Å². The predicted molar refractivity (Wildman–Crippen MR) is 94.6 cm³/mol. The minimum absolute atomic E-state index is 0.0665. The van der Waals surface area contributed by atoms with Crippen molar-refractivity contribution in [2.45, 2.75) is 25.9 Å². The van der Waals surface area contributed by atoms with E-state index in [1.54, 1.807) is 6.92 Å². The molecule has 0 aliphatic carbocycles. The molecule has 1 aliphatic rings. The van der Waals surface area contributed by atoms with Crippen LogP contribution in [0.4, 0.5) is 0 Å². The van der Waals surface area contributed by atoms with Gasteiger partial charge in [-0.25, -0.2) is 9.78 Å². The molecule has 132 valence electrons. The molecule has 1 aromatic carbocycles. The van der Waals surface area contributed by atoms with E-state index < -0.39 is 5.97 Å². The van der Waals surface area contributed by atoms with Gasteiger partial charge in [0.25, 0.3) is 5.91 Å². The average molecular weight is 360 g/mol. The second kappa shape index (κ2) is 8.22. The van der Waals surface area contributed by atoms with Gasteiger partial charge in [-0.15, -0.1) is 11.3 Å². The summed E-state index contributed by atoms with van der Waals surface area (Å²) in [7, 11) is 0. The van der Waals surface area contributed by atoms with Gasteiger partial charge >= 0.3 is 5.97 Å². The number of ether oxygens (including phenoxy) is 2. The standard InChI is InChI=1S/C18H20N2O4S/c1-12-16(25-17(20-12)13-6-3-2-4-7-13)18(22)24-11-15(21)19-10-14-8-5-9-23-14/h2-4,6-7,14H,5,8-11H2,1H3,(H,19,21)/t14-/m0/s1. The Labute approximate surface area is 150 Å². The van der Waals surface area contributed by atoms with Crippen LogP contribution in [0.5, 0.6) is 0 Å². The van der Waals surface area contributed by atoms with Crippen LogP contribution in [0.15, 0.2) is 30.3 Å². The van der Waals surface area contributed by atoms with Crippen molar-refractivity contribution >= 4 is 23.2 Å². The molecule has 1 aromatic heterocycles. The molecule has 0 saturated carbocycles. The molecule has 0 unspecified atom stereocenters. The number of nitrogens with zero attached hydrogens (tertiary/aromatic N) is 1. The quantitative estimate of drug-likeness (QED) is 0.801. The molecule has 1 fully saturated rings. The van der Waals surface area contributed by atoms with Gasteiger partial charge < -0.3 is 14.8 Å². The third-order valence-corrected chi connectivity index (χ3v) is 5.07. The van der Waals surface area contributed by atoms with E-state index in [-0.39, 0.29) is 18.6 Å². The van der Waals surface area contributed by atoms with Crippen molar-refractivity contribution in [1.82, 2.24) is 10.3 Å². The first kappa shape index (κ1) is 17.6. The number of aryl methyl sites for hydroxylation is 1. The molecule has 0 spiro atoms. The molecule has 3 rings (SSSR count). The summed E-state index contributed by atoms with van der Waals surface area (Å²) in [6, 6.07) is 9.64. The lowest BCUT2D eigenvalue weighted by Crippen LogP contribution is -2.34. The summed E-state index contributed by atoms with van der Waals surface area (Å²) in [5, 5.41) is 3.48. The smallest absolute Gasteiger partial charge is 0.350 e. The normalized spacial score (nSPS) is 16.6. The topological polar surface area (TPSA) is 77.5 Å². The summed E-state index contributed by atoms with van der Waals surface area (Å²) in [4.78, 5) is 28.8. The van der Waals surface area contributed by atoms with Gasteiger partial charge in [0.05, 0.1) is 11.8 Å². The summed E-state index contributed by atoms with van der Waals surface area (Å²) in [5.41, 5.74) is 1.55. The van der Waals surface area contributed by atoms with Gasteiger partial charge in [-0.2, -0.15) is 0 Å². The summed E-state index contributed by atoms with van der Waals surface area (Å²) >= 11 is 1.27. The van der Waals surface area contributed by atoms with E-state index >= 15 is 0 Å². The molecule has 1 amide bonds. The lowest BCUT2D eigenvalue weighted by Gasteiger charge is -2.10. The highest BCUT2D eigenvalue weighted by atomic mass is 32.1. The van der Waals surface area contributed by atoms with Crippen LogP contribution in [0.1, 0.15) is 28.2 Å². The van der Waals surface area contributed by atoms with Gasteiger partial charge in [0.1, 0.15) is 9.88 Å². The molecule has 2 heterocycles. The van der Waals surface area contributed by atoms with Crippen molar-refractivity contribution in [2.24, 2.45) is 0 Å². The molecule has 1 atom stereocenters. The average Bonchev–Trinajstić information content (AvgIpc) is 3.28. The fourth-order valence-electron chi connectivity index (χ4n) is 2.57. The van der Waals surface area contributed by atoms with Gasteiger partial charge in [0.2, 0.25) is 0 Å². The number of aromatic nitrogens is 1. The second-order valence-electron chi connectivity index (χ2n) is 5.81. The van der Waals surface area contributed by atoms with E-state index in [2.05, 4.69) is 10.3 Å². The Morgan fingerprint density at radius 2 is 2.16 bits per heavy atom. The molecule has 0 bridgehead atoms. The van der Waals surface area contributed by atoms with Crippen molar-refractivity contribution < 1.29 is 19.1 Å². The van der Waals surface area contributed by atoms with Crippen LogP contribution in [-0.4, -0.2) is 42.7 Å². The minimum Gasteiger partial charge on any atom is -0.451 e. The maximum Gasteiger partial charge on any atom is 0.350 e. The van der Waals surface area contributed by atoms with Crippen molar-refractivity contribution in [3.8, 4) is 10.6 Å². The lowest BCUT2D eigenvalue weighted by molar-refractivity contribution is -0.124. The number of esters is 1. The Bertz CT molecular complexity index is 739. The van der Waals surface area contributed by atoms with Gasteiger partial charge in [-0.3, -0.25) is 4.79 Å². The highest BCUT2D eigenvalue weighted by Crippen LogP contribution is 2.28. The summed E-state index contributed by atoms with van der Waals surface area (Å²) in [6.07, 6.45) is 2.03. The Balaban J connectivity index is 1.52. The van der Waals surface area contributed by atoms with E-state index in [9.17, 15) is 9.59 Å². The third kappa shape index (κ3) is 4.64. The first-order chi connectivity index (χ1) is 12.1. The first-order valence-corrected chi connectivity index (χ1v) is 9.03. The number of carbonyl (C=O) groups excluding carboxylic acids is 2. The number of nitrogens with one attached hydrogen (secondary N) is 1. The number of carbonyl (C=O) groups is 2. The van der Waals surface area contributed by atoms with Gasteiger partial charge in [-0.05, 0) is 19.8 Å². The van der Waals surface area contributed by atoms with Gasteiger partial charge in [-0.1, -0.05) is 30.3 Å². The van der Waals surface area contributed by atoms with Gasteiger partial charge in [0.15, 0.2) is 6.61 Å². The Morgan fingerprint density at radius 3 is 2.88 bits per heavy atom. The maximum absolute atomic E-state index is 12.2. The molecule has 7 heteroatoms. The molecule has 25 heavy (non-hydrogen) atoms. The SMILES string of the molecule is Cc1nc(-c2ccccc2)sc1C(=O)OCC(=O)NC[C@@H]1CCCO1. The molecular weight excluding hydrogens is 340 g/mol. The summed E-state index contributed by atoms with van der Waals surface area (Å²) in [6.45, 7) is 2.65. The molecule has 0 radical (unpaired) electrons. The van der Waals surface area contributed by atoms with Crippen LogP contribution in [0.3, 0.4) is 0 Å². The van der Waals surface area contributed by atoms with Crippen LogP contribution < -0.4 is 5.32 Å². The zero-order valence-corrected chi connectivity index (χ0v) is 14.8. The number of rotatable bonds is 6. The molecule has 2 aromatic rings. The van der Waals surface area contributed by atoms with Crippen LogP contribution in [0.2, 0.25) is 0 Å². The fraction of sp³-hybridized carbons (Fsp3) is 0.389. The minimum atomic E-state index is -0.524. The predicted octanol–water partition coefficient (Wildman–Crippen LogP) is 2.57. The third-order valence-electron chi connectivity index (χ3n) is 3.89. The number of hydrogen-bond acceptors (Lipinski definition) is 6. The molecule has 1 N–H and O–H groups in total. The molecule has 1 aliphatic heterocycles. The van der Waals surface area contributed by atoms with Crippen molar-refractivity contribution in [3.63, 3.8) is 0 Å². The van der Waals surface area contributed by atoms with Crippen molar-refractivity contribution in [1.29, 1.82) is 0 Å². The van der Waals surface area contributed by atoms with E-state index in [4.69, 9.17) is 9.47 Å². The second-order valence-corrected chi connectivity index (χ2v) is 6.81. The Kier molecular flexibility index (Phi) is 5.78. The fourth-order valence-corrected chi connectivity index (χ4v) is 3.54. The molecule has 6 nitrogen and oxygen atoms in total. The zero-order valence-electron chi connectivity index (χ0n) is 14.0. The summed E-state index contributed by atoms with van der Waals surface area (Å²) in [5.74, 6) is -0.848. The lowest BCUT2D eigenvalue weighted by atomic mass is 10.2. The highest BCUT2D eigenvalue weighted by Gasteiger charge is 2.20. The molecule has 1 saturated heterocycles. The first-order valence-electron chi connectivity index (χ1n) is 8.22. The number of hydrogen-bond donors (Lipinski definition) is 1. The van der Waals surface area contributed by atoms with Crippen LogP contribution in [-0.2, 0) is 14.3 Å². The van der Waals surface area contributed by atoms with Crippen LogP contribution in [0, 0.1) is 6.92 Å². The van der Waals surface area contributed by atoms with E-state index in [0.717, 1.165) is 30.0 Å². The van der Waals surface area contributed by atoms with E-state index in [1.165, 1.54) is 11.3 Å². The number of benzene rings is 1. The Hall–Kier alpha value is -2.25. The van der Waals surface area contributed by atoms with Crippen molar-refractivity contribution in [3.05, 3.63) is 40.9 Å². The largest absolute Gasteiger partial charge is 0.451 e. The summed E-state index contributed by atoms with van der Waals surface area (Å²) < 4.78 is 10.5. The zero-order chi connectivity index (χ0) is 17.6. The van der Waals surface area contributed by atoms with Crippen LogP contribution >= 0.6 is 11.3 Å². The van der Waals surface area contributed by atoms with E-state index in [1.807, 2.05) is 30.3 Å². The maximum atomic E-state index is 12.2. The highest BCUT2D eigenvalue weighted by molar-refractivity contribution is 7.17.